The van der Waals surface area contributed by atoms with Gasteiger partial charge in [0.15, 0.2) is 6.10 Å². The zero-order chi connectivity index (χ0) is 17.7. The van der Waals surface area contributed by atoms with Crippen molar-refractivity contribution in [3.63, 3.8) is 0 Å². The first-order valence-electron chi connectivity index (χ1n) is 7.32. The Labute approximate surface area is 149 Å². The van der Waals surface area contributed by atoms with Gasteiger partial charge in [-0.25, -0.2) is 4.79 Å². The van der Waals surface area contributed by atoms with Crippen LogP contribution in [0, 0.1) is 6.92 Å². The molecule has 1 atom stereocenters. The number of esters is 1. The second kappa shape index (κ2) is 7.97. The second-order valence-electron chi connectivity index (χ2n) is 5.22. The van der Waals surface area contributed by atoms with Crippen molar-refractivity contribution in [1.82, 2.24) is 0 Å². The Morgan fingerprint density at radius 1 is 1.12 bits per heavy atom. The van der Waals surface area contributed by atoms with Crippen molar-refractivity contribution < 1.29 is 19.1 Å². The van der Waals surface area contributed by atoms with Gasteiger partial charge in [0, 0.05) is 10.2 Å². The minimum absolute atomic E-state index is 0.303. The number of nitrogens with one attached hydrogen (secondary N) is 1. The van der Waals surface area contributed by atoms with E-state index in [-0.39, 0.29) is 5.91 Å². The van der Waals surface area contributed by atoms with Crippen molar-refractivity contribution in [2.75, 3.05) is 12.4 Å². The highest BCUT2D eigenvalue weighted by atomic mass is 79.9. The van der Waals surface area contributed by atoms with E-state index in [0.717, 1.165) is 10.0 Å². The van der Waals surface area contributed by atoms with Gasteiger partial charge in [0.1, 0.15) is 5.75 Å². The summed E-state index contributed by atoms with van der Waals surface area (Å²) in [7, 11) is 1.31. The van der Waals surface area contributed by atoms with Crippen molar-refractivity contribution in [1.29, 1.82) is 0 Å². The van der Waals surface area contributed by atoms with E-state index >= 15 is 0 Å². The van der Waals surface area contributed by atoms with E-state index in [9.17, 15) is 9.59 Å². The first-order valence-corrected chi connectivity index (χ1v) is 8.12. The van der Waals surface area contributed by atoms with Gasteiger partial charge in [0.25, 0.3) is 5.91 Å². The molecule has 0 fully saturated rings. The van der Waals surface area contributed by atoms with Crippen LogP contribution in [0.2, 0.25) is 0 Å². The number of rotatable bonds is 5. The molecule has 2 rings (SSSR count). The number of halogens is 1. The zero-order valence-corrected chi connectivity index (χ0v) is 15.2. The van der Waals surface area contributed by atoms with Crippen LogP contribution in [-0.2, 0) is 9.53 Å². The summed E-state index contributed by atoms with van der Waals surface area (Å²) in [5, 5.41) is 2.78. The van der Waals surface area contributed by atoms with Gasteiger partial charge in [-0.15, -0.1) is 0 Å². The maximum absolute atomic E-state index is 12.3. The van der Waals surface area contributed by atoms with Crippen molar-refractivity contribution in [2.45, 2.75) is 20.0 Å². The molecule has 2 aromatic rings. The molecule has 0 aliphatic rings. The fourth-order valence-electron chi connectivity index (χ4n) is 2.01. The monoisotopic (exact) mass is 391 g/mol. The van der Waals surface area contributed by atoms with Gasteiger partial charge in [-0.2, -0.15) is 0 Å². The molecule has 0 heterocycles. The molecule has 0 saturated heterocycles. The van der Waals surface area contributed by atoms with E-state index in [2.05, 4.69) is 21.2 Å². The summed E-state index contributed by atoms with van der Waals surface area (Å²) < 4.78 is 11.2. The molecule has 0 spiro atoms. The van der Waals surface area contributed by atoms with Crippen LogP contribution in [0.3, 0.4) is 0 Å². The molecule has 0 bridgehead atoms. The summed E-state index contributed by atoms with van der Waals surface area (Å²) in [6.07, 6.45) is -0.688. The van der Waals surface area contributed by atoms with E-state index in [1.165, 1.54) is 7.11 Å². The minimum atomic E-state index is -0.688. The van der Waals surface area contributed by atoms with Crippen LogP contribution in [0.25, 0.3) is 0 Å². The molecule has 1 unspecified atom stereocenters. The lowest BCUT2D eigenvalue weighted by Crippen LogP contribution is -2.30. The third-order valence-corrected chi connectivity index (χ3v) is 3.94. The quantitative estimate of drug-likeness (QED) is 0.783. The summed E-state index contributed by atoms with van der Waals surface area (Å²) in [6, 6.07) is 12.2. The molecule has 6 heteroatoms. The Morgan fingerprint density at radius 3 is 2.42 bits per heavy atom. The summed E-state index contributed by atoms with van der Waals surface area (Å²) in [5.74, 6) is -0.159. The van der Waals surface area contributed by atoms with E-state index in [1.807, 2.05) is 19.1 Å². The van der Waals surface area contributed by atoms with Crippen molar-refractivity contribution in [3.05, 3.63) is 58.1 Å². The number of amides is 1. The number of carbonyl (C=O) groups excluding carboxylic acids is 2. The molecule has 2 aromatic carbocycles. The molecule has 0 radical (unpaired) electrons. The van der Waals surface area contributed by atoms with Gasteiger partial charge >= 0.3 is 5.97 Å². The average molecular weight is 392 g/mol. The fraction of sp³-hybridized carbons (Fsp3) is 0.222. The summed E-state index contributed by atoms with van der Waals surface area (Å²) in [4.78, 5) is 23.9. The molecule has 126 valence electrons. The molecular weight excluding hydrogens is 374 g/mol. The van der Waals surface area contributed by atoms with Crippen LogP contribution >= 0.6 is 15.9 Å². The molecule has 1 N–H and O–H groups in total. The lowest BCUT2D eigenvalue weighted by molar-refractivity contribution is -0.122. The second-order valence-corrected chi connectivity index (χ2v) is 6.14. The molecule has 0 aliphatic carbocycles. The normalized spacial score (nSPS) is 11.5. The Morgan fingerprint density at radius 2 is 1.79 bits per heavy atom. The van der Waals surface area contributed by atoms with Crippen LogP contribution in [0.15, 0.2) is 46.9 Å². The minimum Gasteiger partial charge on any atom is -0.481 e. The molecule has 0 saturated carbocycles. The molecule has 0 aliphatic heterocycles. The van der Waals surface area contributed by atoms with Gasteiger partial charge in [-0.3, -0.25) is 4.79 Å². The van der Waals surface area contributed by atoms with Gasteiger partial charge < -0.3 is 14.8 Å². The lowest BCUT2D eigenvalue weighted by Gasteiger charge is -2.16. The summed E-state index contributed by atoms with van der Waals surface area (Å²) in [6.45, 7) is 3.51. The fourth-order valence-corrected chi connectivity index (χ4v) is 2.27. The van der Waals surface area contributed by atoms with Crippen molar-refractivity contribution >= 4 is 33.5 Å². The maximum Gasteiger partial charge on any atom is 0.337 e. The van der Waals surface area contributed by atoms with Crippen LogP contribution in [0.5, 0.6) is 5.75 Å². The smallest absolute Gasteiger partial charge is 0.337 e. The number of carbonyl (C=O) groups is 2. The first-order chi connectivity index (χ1) is 11.4. The third kappa shape index (κ3) is 4.58. The molecule has 0 aromatic heterocycles. The predicted molar refractivity (Wildman–Crippen MR) is 95.4 cm³/mol. The molecule has 1 amide bonds. The largest absolute Gasteiger partial charge is 0.481 e. The zero-order valence-electron chi connectivity index (χ0n) is 13.6. The highest BCUT2D eigenvalue weighted by Gasteiger charge is 2.17. The number of anilines is 1. The average Bonchev–Trinajstić information content (AvgIpc) is 2.58. The Bertz CT molecular complexity index is 743. The van der Waals surface area contributed by atoms with E-state index < -0.39 is 12.1 Å². The maximum atomic E-state index is 12.3. The number of aryl methyl sites for hydroxylation is 1. The molecular formula is C18H18BrNO4. The van der Waals surface area contributed by atoms with E-state index in [1.54, 1.807) is 37.3 Å². The topological polar surface area (TPSA) is 64.6 Å². The third-order valence-electron chi connectivity index (χ3n) is 3.41. The predicted octanol–water partition coefficient (Wildman–Crippen LogP) is 3.95. The summed E-state index contributed by atoms with van der Waals surface area (Å²) >= 11 is 3.34. The lowest BCUT2D eigenvalue weighted by atomic mass is 10.1. The van der Waals surface area contributed by atoms with Gasteiger partial charge in [-0.05, 0) is 55.8 Å². The van der Waals surface area contributed by atoms with Gasteiger partial charge in [-0.1, -0.05) is 22.0 Å². The van der Waals surface area contributed by atoms with Gasteiger partial charge in [0.2, 0.25) is 0 Å². The highest BCUT2D eigenvalue weighted by molar-refractivity contribution is 9.10. The number of hydrogen-bond acceptors (Lipinski definition) is 4. The first kappa shape index (κ1) is 18.0. The number of ether oxygens (including phenoxy) is 2. The highest BCUT2D eigenvalue weighted by Crippen LogP contribution is 2.20. The van der Waals surface area contributed by atoms with Crippen LogP contribution < -0.4 is 10.1 Å². The van der Waals surface area contributed by atoms with Gasteiger partial charge in [0.05, 0.1) is 12.7 Å². The number of hydrogen-bond donors (Lipinski definition) is 1. The molecule has 24 heavy (non-hydrogen) atoms. The van der Waals surface area contributed by atoms with Crippen molar-refractivity contribution in [3.8, 4) is 5.75 Å². The Balaban J connectivity index is 2.08. The van der Waals surface area contributed by atoms with Crippen LogP contribution in [0.1, 0.15) is 22.8 Å². The number of benzene rings is 2. The number of methoxy groups -OCH3 is 1. The Hall–Kier alpha value is -2.34. The standard InChI is InChI=1S/C18H18BrNO4/c1-11-4-5-13(18(22)23-3)10-16(11)20-17(21)12(2)24-15-8-6-14(19)7-9-15/h4-10,12H,1-3H3,(H,20,21). The van der Waals surface area contributed by atoms with E-state index in [0.29, 0.717) is 17.0 Å². The van der Waals surface area contributed by atoms with E-state index in [4.69, 9.17) is 9.47 Å². The molecule has 5 nitrogen and oxygen atoms in total. The summed E-state index contributed by atoms with van der Waals surface area (Å²) in [5.41, 5.74) is 1.76. The Kier molecular flexibility index (Phi) is 5.98. The van der Waals surface area contributed by atoms with Crippen LogP contribution in [-0.4, -0.2) is 25.1 Å². The van der Waals surface area contributed by atoms with Crippen molar-refractivity contribution in [2.24, 2.45) is 0 Å². The van der Waals surface area contributed by atoms with Crippen LogP contribution in [0.4, 0.5) is 5.69 Å². The SMILES string of the molecule is COC(=O)c1ccc(C)c(NC(=O)C(C)Oc2ccc(Br)cc2)c1.